The number of allylic oxidation sites excluding steroid dienone is 2. The van der Waals surface area contributed by atoms with Crippen molar-refractivity contribution in [2.24, 2.45) is 5.92 Å². The van der Waals surface area contributed by atoms with E-state index in [1.165, 1.54) is 5.57 Å². The molecule has 3 nitrogen and oxygen atoms in total. The minimum atomic E-state index is -0.715. The molecule has 1 atom stereocenters. The highest BCUT2D eigenvalue weighted by Gasteiger charge is 2.38. The van der Waals surface area contributed by atoms with Crippen LogP contribution in [0.2, 0.25) is 0 Å². The first-order valence-corrected chi connectivity index (χ1v) is 4.95. The molecule has 0 aromatic rings. The summed E-state index contributed by atoms with van der Waals surface area (Å²) in [5.41, 5.74) is 1.21. The molecule has 1 aliphatic heterocycles. The Hall–Kier alpha value is -0.670. The molecule has 80 valence electrons. The molecule has 3 heteroatoms. The van der Waals surface area contributed by atoms with Gasteiger partial charge in [-0.15, -0.1) is 0 Å². The number of carbonyl (C=O) groups excluding carboxylic acids is 1. The van der Waals surface area contributed by atoms with Crippen molar-refractivity contribution in [3.63, 3.8) is 0 Å². The van der Waals surface area contributed by atoms with Gasteiger partial charge in [-0.1, -0.05) is 11.6 Å². The second-order valence-corrected chi connectivity index (χ2v) is 3.97. The molecular weight excluding hydrogens is 180 g/mol. The third-order valence-electron chi connectivity index (χ3n) is 2.48. The Morgan fingerprint density at radius 3 is 2.43 bits per heavy atom. The van der Waals surface area contributed by atoms with Crippen LogP contribution < -0.4 is 0 Å². The monoisotopic (exact) mass is 198 g/mol. The van der Waals surface area contributed by atoms with E-state index in [9.17, 15) is 4.79 Å². The normalized spacial score (nSPS) is 21.6. The van der Waals surface area contributed by atoms with Crippen molar-refractivity contribution < 1.29 is 14.3 Å². The summed E-state index contributed by atoms with van der Waals surface area (Å²) in [6, 6.07) is 0. The molecule has 0 radical (unpaired) electrons. The molecule has 0 bridgehead atoms. The lowest BCUT2D eigenvalue weighted by atomic mass is 9.97. The molecule has 0 aromatic heterocycles. The predicted octanol–water partition coefficient (Wildman–Crippen LogP) is 1.92. The lowest BCUT2D eigenvalue weighted by Gasteiger charge is -2.27. The van der Waals surface area contributed by atoms with Crippen LogP contribution in [0.25, 0.3) is 0 Å². The average molecular weight is 198 g/mol. The van der Waals surface area contributed by atoms with Gasteiger partial charge in [-0.2, -0.15) is 0 Å². The van der Waals surface area contributed by atoms with Crippen molar-refractivity contribution in [2.75, 3.05) is 13.2 Å². The van der Waals surface area contributed by atoms with Crippen molar-refractivity contribution in [1.29, 1.82) is 0 Å². The molecule has 0 amide bonds. The van der Waals surface area contributed by atoms with Gasteiger partial charge in [-0.3, -0.25) is 0 Å². The molecule has 0 aliphatic carbocycles. The van der Waals surface area contributed by atoms with Gasteiger partial charge < -0.3 is 14.3 Å². The lowest BCUT2D eigenvalue weighted by molar-refractivity contribution is -0.179. The zero-order valence-electron chi connectivity index (χ0n) is 9.08. The maximum absolute atomic E-state index is 10.9. The number of hydrogen-bond acceptors (Lipinski definition) is 3. The fourth-order valence-electron chi connectivity index (χ4n) is 1.50. The number of rotatable bonds is 4. The second-order valence-electron chi connectivity index (χ2n) is 3.97. The Bertz CT molecular complexity index is 223. The SMILES string of the molecule is CC(C)=CC[C@@H](C=O)C1(C)OCCO1. The van der Waals surface area contributed by atoms with Crippen LogP contribution in [0.1, 0.15) is 27.2 Å². The van der Waals surface area contributed by atoms with E-state index in [-0.39, 0.29) is 5.92 Å². The van der Waals surface area contributed by atoms with Gasteiger partial charge in [0.1, 0.15) is 6.29 Å². The molecule has 0 unspecified atom stereocenters. The fourth-order valence-corrected chi connectivity index (χ4v) is 1.50. The Morgan fingerprint density at radius 2 is 2.00 bits per heavy atom. The Balaban J connectivity index is 2.61. The zero-order chi connectivity index (χ0) is 10.6. The van der Waals surface area contributed by atoms with Gasteiger partial charge in [-0.25, -0.2) is 0 Å². The maximum atomic E-state index is 10.9. The van der Waals surface area contributed by atoms with Crippen LogP contribution in [0.4, 0.5) is 0 Å². The first-order chi connectivity index (χ1) is 6.58. The zero-order valence-corrected chi connectivity index (χ0v) is 9.08. The summed E-state index contributed by atoms with van der Waals surface area (Å²) in [5.74, 6) is -0.923. The molecule has 0 aromatic carbocycles. The lowest BCUT2D eigenvalue weighted by Crippen LogP contribution is -2.36. The Kier molecular flexibility index (Phi) is 3.84. The topological polar surface area (TPSA) is 35.5 Å². The second kappa shape index (κ2) is 4.71. The summed E-state index contributed by atoms with van der Waals surface area (Å²) in [4.78, 5) is 10.9. The maximum Gasteiger partial charge on any atom is 0.175 e. The van der Waals surface area contributed by atoms with Crippen molar-refractivity contribution in [2.45, 2.75) is 33.0 Å². The van der Waals surface area contributed by atoms with E-state index in [2.05, 4.69) is 0 Å². The molecule has 1 fully saturated rings. The van der Waals surface area contributed by atoms with Crippen LogP contribution in [0.5, 0.6) is 0 Å². The van der Waals surface area contributed by atoms with Crippen LogP contribution in [0.3, 0.4) is 0 Å². The number of ether oxygens (including phenoxy) is 2. The summed E-state index contributed by atoms with van der Waals surface area (Å²) in [6.07, 6.45) is 3.64. The standard InChI is InChI=1S/C11H18O3/c1-9(2)4-5-10(8-12)11(3)13-6-7-14-11/h4,8,10H,5-7H2,1-3H3/t10-/m0/s1. The Morgan fingerprint density at radius 1 is 1.43 bits per heavy atom. The van der Waals surface area contributed by atoms with Crippen molar-refractivity contribution in [3.8, 4) is 0 Å². The average Bonchev–Trinajstić information content (AvgIpc) is 2.53. The van der Waals surface area contributed by atoms with Crippen LogP contribution in [0.15, 0.2) is 11.6 Å². The van der Waals surface area contributed by atoms with Crippen molar-refractivity contribution in [1.82, 2.24) is 0 Å². The Labute approximate surface area is 85.1 Å². The molecule has 0 saturated carbocycles. The van der Waals surface area contributed by atoms with Crippen LogP contribution >= 0.6 is 0 Å². The number of hydrogen-bond donors (Lipinski definition) is 0. The van der Waals surface area contributed by atoms with Crippen LogP contribution in [-0.4, -0.2) is 25.3 Å². The summed E-state index contributed by atoms with van der Waals surface area (Å²) < 4.78 is 10.9. The van der Waals surface area contributed by atoms with Crippen molar-refractivity contribution >= 4 is 6.29 Å². The third-order valence-corrected chi connectivity index (χ3v) is 2.48. The van der Waals surface area contributed by atoms with Crippen LogP contribution in [0, 0.1) is 5.92 Å². The molecule has 1 heterocycles. The van der Waals surface area contributed by atoms with E-state index in [1.807, 2.05) is 26.8 Å². The van der Waals surface area contributed by atoms with E-state index < -0.39 is 5.79 Å². The number of aldehydes is 1. The molecule has 14 heavy (non-hydrogen) atoms. The van der Waals surface area contributed by atoms with Crippen molar-refractivity contribution in [3.05, 3.63) is 11.6 Å². The summed E-state index contributed by atoms with van der Waals surface area (Å²) in [7, 11) is 0. The van der Waals surface area contributed by atoms with Gasteiger partial charge in [0.05, 0.1) is 19.1 Å². The number of carbonyl (C=O) groups is 1. The fraction of sp³-hybridized carbons (Fsp3) is 0.727. The molecule has 0 spiro atoms. The largest absolute Gasteiger partial charge is 0.347 e. The van der Waals surface area contributed by atoms with E-state index in [0.29, 0.717) is 19.6 Å². The minimum absolute atomic E-state index is 0.208. The van der Waals surface area contributed by atoms with E-state index in [4.69, 9.17) is 9.47 Å². The minimum Gasteiger partial charge on any atom is -0.347 e. The third kappa shape index (κ3) is 2.66. The summed E-state index contributed by atoms with van der Waals surface area (Å²) >= 11 is 0. The molecule has 1 aliphatic rings. The van der Waals surface area contributed by atoms with Crippen LogP contribution in [-0.2, 0) is 14.3 Å². The summed E-state index contributed by atoms with van der Waals surface area (Å²) in [6.45, 7) is 7.02. The van der Waals surface area contributed by atoms with Gasteiger partial charge >= 0.3 is 0 Å². The van der Waals surface area contributed by atoms with Gasteiger partial charge in [0.25, 0.3) is 0 Å². The molecule has 1 saturated heterocycles. The molecule has 1 rings (SSSR count). The highest BCUT2D eigenvalue weighted by molar-refractivity contribution is 5.55. The highest BCUT2D eigenvalue weighted by atomic mass is 16.7. The van der Waals surface area contributed by atoms with Gasteiger partial charge in [0.2, 0.25) is 0 Å². The summed E-state index contributed by atoms with van der Waals surface area (Å²) in [5, 5.41) is 0. The van der Waals surface area contributed by atoms with Gasteiger partial charge in [-0.05, 0) is 27.2 Å². The van der Waals surface area contributed by atoms with Gasteiger partial charge in [0.15, 0.2) is 5.79 Å². The molecule has 0 N–H and O–H groups in total. The smallest absolute Gasteiger partial charge is 0.175 e. The first-order valence-electron chi connectivity index (χ1n) is 4.95. The molecular formula is C11H18O3. The van der Waals surface area contributed by atoms with E-state index in [0.717, 1.165) is 6.29 Å². The predicted molar refractivity (Wildman–Crippen MR) is 53.9 cm³/mol. The highest BCUT2D eigenvalue weighted by Crippen LogP contribution is 2.29. The quantitative estimate of drug-likeness (QED) is 0.511. The van der Waals surface area contributed by atoms with Gasteiger partial charge in [0, 0.05) is 0 Å². The van der Waals surface area contributed by atoms with E-state index >= 15 is 0 Å². The first kappa shape index (κ1) is 11.4. The van der Waals surface area contributed by atoms with E-state index in [1.54, 1.807) is 0 Å².